The zero-order valence-corrected chi connectivity index (χ0v) is 20.1. The summed E-state index contributed by atoms with van der Waals surface area (Å²) in [4.78, 5) is 27.5. The van der Waals surface area contributed by atoms with E-state index < -0.39 is 17.7 Å². The number of benzene rings is 3. The maximum absolute atomic E-state index is 13.2. The molecule has 0 aliphatic carbocycles. The number of ether oxygens (including phenoxy) is 1. The number of aliphatic hydroxyl groups excluding tert-OH is 1. The number of likely N-dealkylation sites (tertiary alicyclic amines) is 1. The monoisotopic (exact) mass is 495 g/mol. The standard InChI is InChI=1S/C30H25NO6/c1-19-5-2-6-20(15-19)18-37-24-12-10-21(11-13-24)28(33)26-27(22-7-3-8-23(32)16-22)31(30(35)29(26)34)17-25-9-4-14-36-25/h2-16,27,32-33H,17-18H2,1H3/t27-/m0/s1. The predicted molar refractivity (Wildman–Crippen MR) is 137 cm³/mol. The van der Waals surface area contributed by atoms with Crippen LogP contribution in [0.25, 0.3) is 5.76 Å². The number of aliphatic hydroxyl groups is 1. The first-order chi connectivity index (χ1) is 17.9. The normalized spacial score (nSPS) is 16.8. The Morgan fingerprint density at radius 2 is 1.76 bits per heavy atom. The molecule has 2 heterocycles. The minimum absolute atomic E-state index is 0.0174. The van der Waals surface area contributed by atoms with Crippen molar-refractivity contribution in [2.75, 3.05) is 0 Å². The Balaban J connectivity index is 1.47. The van der Waals surface area contributed by atoms with Gasteiger partial charge in [0.25, 0.3) is 11.7 Å². The van der Waals surface area contributed by atoms with Crippen LogP contribution >= 0.6 is 0 Å². The molecule has 7 heteroatoms. The summed E-state index contributed by atoms with van der Waals surface area (Å²) < 4.78 is 11.3. The molecule has 1 amide bonds. The highest BCUT2D eigenvalue weighted by Crippen LogP contribution is 2.41. The van der Waals surface area contributed by atoms with Gasteiger partial charge in [-0.1, -0.05) is 42.0 Å². The number of carbonyl (C=O) groups is 2. The molecule has 0 radical (unpaired) electrons. The van der Waals surface area contributed by atoms with Gasteiger partial charge in [-0.3, -0.25) is 9.59 Å². The molecule has 4 aromatic rings. The molecule has 1 aliphatic heterocycles. The van der Waals surface area contributed by atoms with Crippen LogP contribution in [0.2, 0.25) is 0 Å². The molecule has 1 fully saturated rings. The van der Waals surface area contributed by atoms with Gasteiger partial charge >= 0.3 is 0 Å². The van der Waals surface area contributed by atoms with Gasteiger partial charge in [0.2, 0.25) is 0 Å². The first kappa shape index (κ1) is 23.9. The van der Waals surface area contributed by atoms with E-state index in [1.807, 2.05) is 31.2 Å². The predicted octanol–water partition coefficient (Wildman–Crippen LogP) is 5.49. The number of phenolic OH excluding ortho intramolecular Hbond substituents is 1. The lowest BCUT2D eigenvalue weighted by atomic mass is 9.95. The number of aromatic hydroxyl groups is 1. The first-order valence-electron chi connectivity index (χ1n) is 11.8. The third-order valence-corrected chi connectivity index (χ3v) is 6.25. The molecule has 37 heavy (non-hydrogen) atoms. The van der Waals surface area contributed by atoms with E-state index in [9.17, 15) is 19.8 Å². The number of hydrogen-bond acceptors (Lipinski definition) is 6. The summed E-state index contributed by atoms with van der Waals surface area (Å²) in [5, 5.41) is 21.3. The van der Waals surface area contributed by atoms with Gasteiger partial charge in [0, 0.05) is 5.56 Å². The highest BCUT2D eigenvalue weighted by Gasteiger charge is 2.46. The fourth-order valence-corrected chi connectivity index (χ4v) is 4.49. The van der Waals surface area contributed by atoms with E-state index in [1.165, 1.54) is 23.3 Å². The van der Waals surface area contributed by atoms with Crippen LogP contribution in [0.3, 0.4) is 0 Å². The number of phenols is 1. The van der Waals surface area contributed by atoms with Crippen LogP contribution < -0.4 is 4.74 Å². The smallest absolute Gasteiger partial charge is 0.296 e. The van der Waals surface area contributed by atoms with Crippen molar-refractivity contribution in [3.05, 3.63) is 125 Å². The van der Waals surface area contributed by atoms with Crippen LogP contribution in [-0.2, 0) is 22.7 Å². The molecule has 1 aromatic heterocycles. The van der Waals surface area contributed by atoms with Gasteiger partial charge < -0.3 is 24.3 Å². The third kappa shape index (κ3) is 4.97. The Bertz CT molecular complexity index is 1470. The molecule has 0 saturated carbocycles. The summed E-state index contributed by atoms with van der Waals surface area (Å²) in [6.45, 7) is 2.44. The van der Waals surface area contributed by atoms with Crippen LogP contribution in [0, 0.1) is 6.92 Å². The molecule has 0 spiro atoms. The first-order valence-corrected chi connectivity index (χ1v) is 11.8. The van der Waals surface area contributed by atoms with Gasteiger partial charge in [0.05, 0.1) is 24.4 Å². The number of furan rings is 1. The molecule has 1 atom stereocenters. The summed E-state index contributed by atoms with van der Waals surface area (Å²) in [7, 11) is 0. The van der Waals surface area contributed by atoms with Crippen molar-refractivity contribution in [1.29, 1.82) is 0 Å². The Morgan fingerprint density at radius 3 is 2.46 bits per heavy atom. The molecule has 3 aromatic carbocycles. The zero-order valence-electron chi connectivity index (χ0n) is 20.1. The number of carbonyl (C=O) groups excluding carboxylic acids is 2. The van der Waals surface area contributed by atoms with Gasteiger partial charge in [-0.25, -0.2) is 0 Å². The molecule has 5 rings (SSSR count). The van der Waals surface area contributed by atoms with Crippen LogP contribution in [0.15, 0.2) is 101 Å². The van der Waals surface area contributed by atoms with Gasteiger partial charge in [0.15, 0.2) is 0 Å². The van der Waals surface area contributed by atoms with Gasteiger partial charge in [0.1, 0.15) is 29.6 Å². The topological polar surface area (TPSA) is 100 Å². The van der Waals surface area contributed by atoms with Crippen LogP contribution in [0.4, 0.5) is 0 Å². The molecule has 0 unspecified atom stereocenters. The van der Waals surface area contributed by atoms with Crippen molar-refractivity contribution < 1.29 is 29.0 Å². The minimum atomic E-state index is -0.908. The Kier molecular flexibility index (Phi) is 6.51. The number of ketones is 1. The van der Waals surface area contributed by atoms with Gasteiger partial charge in [-0.05, 0) is 66.6 Å². The largest absolute Gasteiger partial charge is 0.508 e. The number of Topliss-reactive ketones (excluding diaryl/α,β-unsaturated/α-hetero) is 1. The quantitative estimate of drug-likeness (QED) is 0.200. The highest BCUT2D eigenvalue weighted by molar-refractivity contribution is 6.46. The Hall–Kier alpha value is -4.78. The molecule has 0 bridgehead atoms. The average molecular weight is 496 g/mol. The van der Waals surface area contributed by atoms with E-state index in [1.54, 1.807) is 48.5 Å². The van der Waals surface area contributed by atoms with Crippen LogP contribution in [-0.4, -0.2) is 26.8 Å². The summed E-state index contributed by atoms with van der Waals surface area (Å²) in [5.41, 5.74) is 2.98. The van der Waals surface area contributed by atoms with Crippen molar-refractivity contribution in [2.24, 2.45) is 0 Å². The second-order valence-electron chi connectivity index (χ2n) is 8.90. The maximum Gasteiger partial charge on any atom is 0.296 e. The molecule has 7 nitrogen and oxygen atoms in total. The third-order valence-electron chi connectivity index (χ3n) is 6.25. The van der Waals surface area contributed by atoms with E-state index >= 15 is 0 Å². The lowest BCUT2D eigenvalue weighted by Gasteiger charge is -2.24. The van der Waals surface area contributed by atoms with Crippen molar-refractivity contribution in [2.45, 2.75) is 26.1 Å². The van der Waals surface area contributed by atoms with Crippen molar-refractivity contribution in [1.82, 2.24) is 4.90 Å². The van der Waals surface area contributed by atoms with Gasteiger partial charge in [-0.2, -0.15) is 0 Å². The fraction of sp³-hybridized carbons (Fsp3) is 0.133. The number of hydrogen-bond donors (Lipinski definition) is 2. The van der Waals surface area contributed by atoms with E-state index in [-0.39, 0.29) is 23.6 Å². The lowest BCUT2D eigenvalue weighted by Crippen LogP contribution is -2.29. The molecule has 1 aliphatic rings. The van der Waals surface area contributed by atoms with Crippen LogP contribution in [0.5, 0.6) is 11.5 Å². The second kappa shape index (κ2) is 10.1. The van der Waals surface area contributed by atoms with E-state index in [2.05, 4.69) is 0 Å². The summed E-state index contributed by atoms with van der Waals surface area (Å²) in [6.07, 6.45) is 1.48. The maximum atomic E-state index is 13.2. The molecule has 1 saturated heterocycles. The van der Waals surface area contributed by atoms with E-state index in [0.29, 0.717) is 29.2 Å². The number of amides is 1. The molecule has 2 N–H and O–H groups in total. The molecule has 186 valence electrons. The fourth-order valence-electron chi connectivity index (χ4n) is 4.49. The van der Waals surface area contributed by atoms with Crippen molar-refractivity contribution >= 4 is 17.4 Å². The Morgan fingerprint density at radius 1 is 0.973 bits per heavy atom. The van der Waals surface area contributed by atoms with Crippen LogP contribution in [0.1, 0.15) is 34.1 Å². The highest BCUT2D eigenvalue weighted by atomic mass is 16.5. The minimum Gasteiger partial charge on any atom is -0.508 e. The molecular weight excluding hydrogens is 470 g/mol. The van der Waals surface area contributed by atoms with Crippen molar-refractivity contribution in [3.8, 4) is 11.5 Å². The number of aryl methyl sites for hydroxylation is 1. The molecular formula is C30H25NO6. The second-order valence-corrected chi connectivity index (χ2v) is 8.90. The number of nitrogens with zero attached hydrogens (tertiary/aromatic N) is 1. The lowest BCUT2D eigenvalue weighted by molar-refractivity contribution is -0.140. The summed E-state index contributed by atoms with van der Waals surface area (Å²) in [5.74, 6) is -0.806. The Labute approximate surface area is 213 Å². The summed E-state index contributed by atoms with van der Waals surface area (Å²) >= 11 is 0. The SMILES string of the molecule is Cc1cccc(COc2ccc(C(O)=C3C(=O)C(=O)N(Cc4ccco4)[C@H]3c3cccc(O)c3)cc2)c1. The zero-order chi connectivity index (χ0) is 25.9. The number of rotatable bonds is 7. The van der Waals surface area contributed by atoms with E-state index in [4.69, 9.17) is 9.15 Å². The summed E-state index contributed by atoms with van der Waals surface area (Å²) in [6, 6.07) is 23.5. The van der Waals surface area contributed by atoms with Crippen molar-refractivity contribution in [3.63, 3.8) is 0 Å². The average Bonchev–Trinajstić information content (AvgIpc) is 3.50. The van der Waals surface area contributed by atoms with E-state index in [0.717, 1.165) is 11.1 Å². The van der Waals surface area contributed by atoms with Gasteiger partial charge in [-0.15, -0.1) is 0 Å².